The second-order valence-electron chi connectivity index (χ2n) is 3.98. The Bertz CT molecular complexity index is 471. The molecule has 0 aliphatic carbocycles. The van der Waals surface area contributed by atoms with E-state index in [1.165, 1.54) is 7.11 Å². The highest BCUT2D eigenvalue weighted by Gasteiger charge is 2.35. The highest BCUT2D eigenvalue weighted by atomic mass is 19.4. The van der Waals surface area contributed by atoms with Crippen LogP contribution >= 0.6 is 0 Å². The van der Waals surface area contributed by atoms with Crippen LogP contribution in [0.2, 0.25) is 0 Å². The van der Waals surface area contributed by atoms with E-state index in [0.717, 1.165) is 18.2 Å². The van der Waals surface area contributed by atoms with Crippen LogP contribution in [0.25, 0.3) is 0 Å². The molecule has 20 heavy (non-hydrogen) atoms. The predicted octanol–water partition coefficient (Wildman–Crippen LogP) is 2.70. The summed E-state index contributed by atoms with van der Waals surface area (Å²) in [5.74, 6) is -0.605. The molecule has 0 saturated heterocycles. The van der Waals surface area contributed by atoms with Gasteiger partial charge in [0.15, 0.2) is 0 Å². The largest absolute Gasteiger partial charge is 0.497 e. The van der Waals surface area contributed by atoms with Crippen molar-refractivity contribution in [1.82, 2.24) is 0 Å². The van der Waals surface area contributed by atoms with Crippen molar-refractivity contribution < 1.29 is 32.5 Å². The topological polar surface area (TPSA) is 55.8 Å². The molecule has 0 aliphatic heterocycles. The van der Waals surface area contributed by atoms with Gasteiger partial charge >= 0.3 is 12.1 Å². The van der Waals surface area contributed by atoms with Gasteiger partial charge in [0.25, 0.3) is 0 Å². The monoisotopic (exact) mass is 292 g/mol. The first-order valence-electron chi connectivity index (χ1n) is 5.88. The first-order valence-corrected chi connectivity index (χ1v) is 5.88. The van der Waals surface area contributed by atoms with E-state index in [0.29, 0.717) is 0 Å². The minimum Gasteiger partial charge on any atom is -0.497 e. The number of ether oxygens (including phenoxy) is 2. The van der Waals surface area contributed by atoms with E-state index in [2.05, 4.69) is 4.74 Å². The lowest BCUT2D eigenvalue weighted by molar-refractivity contribution is -0.147. The molecular weight excluding hydrogens is 277 g/mol. The molecule has 0 fully saturated rings. The van der Waals surface area contributed by atoms with Gasteiger partial charge in [-0.3, -0.25) is 4.79 Å². The molecule has 7 heteroatoms. The summed E-state index contributed by atoms with van der Waals surface area (Å²) in [7, 11) is 1.30. The van der Waals surface area contributed by atoms with Crippen LogP contribution in [-0.2, 0) is 15.7 Å². The molecule has 1 aromatic rings. The fourth-order valence-electron chi connectivity index (χ4n) is 1.69. The molecule has 0 radical (unpaired) electrons. The number of hydrogen-bond acceptors (Lipinski definition) is 4. The lowest BCUT2D eigenvalue weighted by Crippen LogP contribution is -2.15. The van der Waals surface area contributed by atoms with Crippen LogP contribution in [0.15, 0.2) is 18.2 Å². The van der Waals surface area contributed by atoms with E-state index < -0.39 is 35.8 Å². The molecule has 112 valence electrons. The summed E-state index contributed by atoms with van der Waals surface area (Å²) in [6.07, 6.45) is -6.79. The van der Waals surface area contributed by atoms with Crippen molar-refractivity contribution in [3.05, 3.63) is 29.3 Å². The standard InChI is InChI=1S/C13H15F3O4/c1-3-20-12(18)7-11(17)9-6-8(19-2)4-5-10(9)13(14,15)16/h4-6,11,17H,3,7H2,1-2H3. The average molecular weight is 292 g/mol. The third-order valence-electron chi connectivity index (χ3n) is 2.59. The Morgan fingerprint density at radius 3 is 2.55 bits per heavy atom. The normalized spacial score (nSPS) is 12.9. The van der Waals surface area contributed by atoms with Crippen molar-refractivity contribution in [2.45, 2.75) is 25.6 Å². The molecule has 0 bridgehead atoms. The van der Waals surface area contributed by atoms with Crippen LogP contribution < -0.4 is 4.74 Å². The average Bonchev–Trinajstić information content (AvgIpc) is 2.37. The highest BCUT2D eigenvalue weighted by molar-refractivity contribution is 5.70. The molecule has 1 aromatic carbocycles. The zero-order chi connectivity index (χ0) is 15.3. The maximum atomic E-state index is 12.9. The van der Waals surface area contributed by atoms with Crippen LogP contribution in [0.4, 0.5) is 13.2 Å². The number of aliphatic hydroxyl groups excluding tert-OH is 1. The lowest BCUT2D eigenvalue weighted by Gasteiger charge is -2.18. The molecule has 0 heterocycles. The number of methoxy groups -OCH3 is 1. The Morgan fingerprint density at radius 1 is 1.40 bits per heavy atom. The van der Waals surface area contributed by atoms with Gasteiger partial charge in [-0.05, 0) is 30.7 Å². The highest BCUT2D eigenvalue weighted by Crippen LogP contribution is 2.37. The summed E-state index contributed by atoms with van der Waals surface area (Å²) in [5, 5.41) is 9.83. The number of carbonyl (C=O) groups is 1. The van der Waals surface area contributed by atoms with Crippen LogP contribution in [0.5, 0.6) is 5.75 Å². The predicted molar refractivity (Wildman–Crippen MR) is 64.2 cm³/mol. The van der Waals surface area contributed by atoms with Crippen molar-refractivity contribution >= 4 is 5.97 Å². The smallest absolute Gasteiger partial charge is 0.416 e. The van der Waals surface area contributed by atoms with E-state index >= 15 is 0 Å². The molecule has 0 aliphatic rings. The van der Waals surface area contributed by atoms with Crippen molar-refractivity contribution in [2.75, 3.05) is 13.7 Å². The van der Waals surface area contributed by atoms with Gasteiger partial charge in [0, 0.05) is 0 Å². The Labute approximate surface area is 114 Å². The van der Waals surface area contributed by atoms with Crippen LogP contribution in [0, 0.1) is 0 Å². The Balaban J connectivity index is 3.09. The van der Waals surface area contributed by atoms with Crippen molar-refractivity contribution in [2.24, 2.45) is 0 Å². The third-order valence-corrected chi connectivity index (χ3v) is 2.59. The number of benzene rings is 1. The number of esters is 1. The van der Waals surface area contributed by atoms with Gasteiger partial charge in [-0.2, -0.15) is 13.2 Å². The van der Waals surface area contributed by atoms with Gasteiger partial charge < -0.3 is 14.6 Å². The lowest BCUT2D eigenvalue weighted by atomic mass is 9.99. The number of aliphatic hydroxyl groups is 1. The van der Waals surface area contributed by atoms with E-state index in [1.807, 2.05) is 0 Å². The van der Waals surface area contributed by atoms with Gasteiger partial charge in [-0.1, -0.05) is 0 Å². The van der Waals surface area contributed by atoms with Gasteiger partial charge in [-0.25, -0.2) is 0 Å². The molecular formula is C13H15F3O4. The van der Waals surface area contributed by atoms with E-state index in [-0.39, 0.29) is 12.4 Å². The number of alkyl halides is 3. The molecule has 1 rings (SSSR count). The van der Waals surface area contributed by atoms with Gasteiger partial charge in [0.05, 0.1) is 31.8 Å². The fourth-order valence-corrected chi connectivity index (χ4v) is 1.69. The van der Waals surface area contributed by atoms with Crippen molar-refractivity contribution in [3.63, 3.8) is 0 Å². The van der Waals surface area contributed by atoms with Crippen LogP contribution in [0.1, 0.15) is 30.6 Å². The zero-order valence-electron chi connectivity index (χ0n) is 11.0. The number of halogens is 3. The van der Waals surface area contributed by atoms with Crippen LogP contribution in [-0.4, -0.2) is 24.8 Å². The maximum Gasteiger partial charge on any atom is 0.416 e. The molecule has 1 N–H and O–H groups in total. The molecule has 0 spiro atoms. The van der Waals surface area contributed by atoms with Gasteiger partial charge in [0.2, 0.25) is 0 Å². The summed E-state index contributed by atoms with van der Waals surface area (Å²) in [5.41, 5.74) is -1.42. The van der Waals surface area contributed by atoms with Gasteiger partial charge in [-0.15, -0.1) is 0 Å². The second kappa shape index (κ2) is 6.60. The summed E-state index contributed by atoms with van der Waals surface area (Å²) < 4.78 is 48.0. The third kappa shape index (κ3) is 4.12. The maximum absolute atomic E-state index is 12.9. The molecule has 1 atom stereocenters. The fraction of sp³-hybridized carbons (Fsp3) is 0.462. The van der Waals surface area contributed by atoms with E-state index in [1.54, 1.807) is 6.92 Å². The Hall–Kier alpha value is -1.76. The SMILES string of the molecule is CCOC(=O)CC(O)c1cc(OC)ccc1C(F)(F)F. The van der Waals surface area contributed by atoms with E-state index in [4.69, 9.17) is 4.74 Å². The molecule has 0 saturated carbocycles. The van der Waals surface area contributed by atoms with Crippen LogP contribution in [0.3, 0.4) is 0 Å². The zero-order valence-corrected chi connectivity index (χ0v) is 11.0. The minimum absolute atomic E-state index is 0.0930. The second-order valence-corrected chi connectivity index (χ2v) is 3.98. The quantitative estimate of drug-likeness (QED) is 0.848. The number of carbonyl (C=O) groups excluding carboxylic acids is 1. The van der Waals surface area contributed by atoms with Gasteiger partial charge in [0.1, 0.15) is 5.75 Å². The molecule has 1 unspecified atom stereocenters. The molecule has 4 nitrogen and oxygen atoms in total. The molecule has 0 aromatic heterocycles. The first kappa shape index (κ1) is 16.3. The number of rotatable bonds is 5. The Kier molecular flexibility index (Phi) is 5.38. The van der Waals surface area contributed by atoms with Crippen molar-refractivity contribution in [1.29, 1.82) is 0 Å². The van der Waals surface area contributed by atoms with E-state index in [9.17, 15) is 23.1 Å². The summed E-state index contributed by atoms with van der Waals surface area (Å²) in [6, 6.07) is 3.01. The number of hydrogen-bond donors (Lipinski definition) is 1. The Morgan fingerprint density at radius 2 is 2.05 bits per heavy atom. The minimum atomic E-state index is -4.63. The summed E-state index contributed by atoms with van der Waals surface area (Å²) in [6.45, 7) is 1.66. The first-order chi connectivity index (χ1) is 9.29. The summed E-state index contributed by atoms with van der Waals surface area (Å²) in [4.78, 5) is 11.2. The molecule has 0 amide bonds. The summed E-state index contributed by atoms with van der Waals surface area (Å²) >= 11 is 0. The van der Waals surface area contributed by atoms with Crippen molar-refractivity contribution in [3.8, 4) is 5.75 Å².